The van der Waals surface area contributed by atoms with E-state index >= 15 is 0 Å². The molecule has 0 spiro atoms. The van der Waals surface area contributed by atoms with E-state index in [4.69, 9.17) is 15.2 Å². The van der Waals surface area contributed by atoms with Crippen molar-refractivity contribution in [2.75, 3.05) is 20.3 Å². The Balaban J connectivity index is 2.27. The van der Waals surface area contributed by atoms with E-state index < -0.39 is 0 Å². The van der Waals surface area contributed by atoms with Gasteiger partial charge in [-0.05, 0) is 43.4 Å². The van der Waals surface area contributed by atoms with E-state index in [1.165, 1.54) is 5.56 Å². The number of benzene rings is 1. The average molecular weight is 251 g/mol. The van der Waals surface area contributed by atoms with E-state index in [0.717, 1.165) is 44.6 Å². The second-order valence-electron chi connectivity index (χ2n) is 4.56. The molecule has 1 unspecified atom stereocenters. The van der Waals surface area contributed by atoms with Crippen LogP contribution in [0.4, 0.5) is 0 Å². The summed E-state index contributed by atoms with van der Waals surface area (Å²) in [6, 6.07) is 8.49. The van der Waals surface area contributed by atoms with Crippen LogP contribution in [0.15, 0.2) is 24.3 Å². The zero-order valence-corrected chi connectivity index (χ0v) is 11.5. The minimum atomic E-state index is 0.255. The topological polar surface area (TPSA) is 44.5 Å². The fourth-order valence-corrected chi connectivity index (χ4v) is 1.71. The summed E-state index contributed by atoms with van der Waals surface area (Å²) in [5.41, 5.74) is 7.20. The van der Waals surface area contributed by atoms with E-state index in [1.54, 1.807) is 7.11 Å². The first kappa shape index (κ1) is 15.0. The van der Waals surface area contributed by atoms with Crippen molar-refractivity contribution in [3.05, 3.63) is 29.8 Å². The van der Waals surface area contributed by atoms with Gasteiger partial charge < -0.3 is 15.2 Å². The maximum atomic E-state index is 5.93. The van der Waals surface area contributed by atoms with Crippen molar-refractivity contribution >= 4 is 0 Å². The molecule has 1 rings (SSSR count). The molecule has 102 valence electrons. The third-order valence-corrected chi connectivity index (χ3v) is 2.96. The summed E-state index contributed by atoms with van der Waals surface area (Å²) >= 11 is 0. The van der Waals surface area contributed by atoms with E-state index in [2.05, 4.69) is 19.1 Å². The van der Waals surface area contributed by atoms with Crippen LogP contribution in [-0.4, -0.2) is 26.4 Å². The quantitative estimate of drug-likeness (QED) is 0.686. The largest absolute Gasteiger partial charge is 0.494 e. The molecule has 0 radical (unpaired) electrons. The Morgan fingerprint density at radius 1 is 1.11 bits per heavy atom. The van der Waals surface area contributed by atoms with Crippen molar-refractivity contribution in [2.45, 2.75) is 38.6 Å². The van der Waals surface area contributed by atoms with Crippen molar-refractivity contribution in [1.82, 2.24) is 0 Å². The summed E-state index contributed by atoms with van der Waals surface area (Å²) in [7, 11) is 1.72. The second-order valence-corrected chi connectivity index (χ2v) is 4.56. The van der Waals surface area contributed by atoms with Crippen LogP contribution in [0.2, 0.25) is 0 Å². The van der Waals surface area contributed by atoms with Crippen LogP contribution in [0.1, 0.15) is 31.7 Å². The summed E-state index contributed by atoms with van der Waals surface area (Å²) < 4.78 is 10.6. The second kappa shape index (κ2) is 8.95. The SMILES string of the molecule is CCC(N)Cc1ccc(OCCCCOC)cc1. The van der Waals surface area contributed by atoms with Crippen LogP contribution in [0.5, 0.6) is 5.75 Å². The van der Waals surface area contributed by atoms with Crippen molar-refractivity contribution in [2.24, 2.45) is 5.73 Å². The number of methoxy groups -OCH3 is 1. The first-order valence-electron chi connectivity index (χ1n) is 6.72. The highest BCUT2D eigenvalue weighted by molar-refractivity contribution is 5.27. The van der Waals surface area contributed by atoms with Crippen LogP contribution in [0, 0.1) is 0 Å². The minimum Gasteiger partial charge on any atom is -0.494 e. The number of ether oxygens (including phenoxy) is 2. The molecule has 3 nitrogen and oxygen atoms in total. The number of unbranched alkanes of at least 4 members (excludes halogenated alkanes) is 1. The van der Waals surface area contributed by atoms with E-state index in [-0.39, 0.29) is 6.04 Å². The molecule has 2 N–H and O–H groups in total. The molecule has 1 atom stereocenters. The zero-order chi connectivity index (χ0) is 13.2. The molecular formula is C15H25NO2. The number of rotatable bonds is 9. The van der Waals surface area contributed by atoms with Crippen LogP contribution in [0.25, 0.3) is 0 Å². The van der Waals surface area contributed by atoms with Gasteiger partial charge in [0.1, 0.15) is 5.75 Å². The Bertz CT molecular complexity index is 311. The molecule has 0 amide bonds. The zero-order valence-electron chi connectivity index (χ0n) is 11.5. The van der Waals surface area contributed by atoms with Gasteiger partial charge in [0.15, 0.2) is 0 Å². The van der Waals surface area contributed by atoms with Crippen molar-refractivity contribution in [1.29, 1.82) is 0 Å². The van der Waals surface area contributed by atoms with Crippen LogP contribution in [0.3, 0.4) is 0 Å². The fraction of sp³-hybridized carbons (Fsp3) is 0.600. The van der Waals surface area contributed by atoms with Gasteiger partial charge in [-0.1, -0.05) is 19.1 Å². The molecule has 0 aliphatic carbocycles. The van der Waals surface area contributed by atoms with Gasteiger partial charge in [-0.2, -0.15) is 0 Å². The van der Waals surface area contributed by atoms with E-state index in [9.17, 15) is 0 Å². The first-order chi connectivity index (χ1) is 8.76. The summed E-state index contributed by atoms with van der Waals surface area (Å²) in [4.78, 5) is 0. The van der Waals surface area contributed by atoms with Crippen molar-refractivity contribution in [3.63, 3.8) is 0 Å². The Morgan fingerprint density at radius 3 is 2.39 bits per heavy atom. The highest BCUT2D eigenvalue weighted by atomic mass is 16.5. The standard InChI is InChI=1S/C15H25NO2/c1-3-14(16)12-13-6-8-15(9-7-13)18-11-5-4-10-17-2/h6-9,14H,3-5,10-12,16H2,1-2H3. The Labute approximate surface area is 110 Å². The molecule has 1 aromatic rings. The molecule has 18 heavy (non-hydrogen) atoms. The lowest BCUT2D eigenvalue weighted by atomic mass is 10.0. The predicted octanol–water partition coefficient (Wildman–Crippen LogP) is 2.77. The van der Waals surface area contributed by atoms with Gasteiger partial charge in [0, 0.05) is 19.8 Å². The van der Waals surface area contributed by atoms with Crippen molar-refractivity contribution < 1.29 is 9.47 Å². The molecule has 0 aliphatic rings. The highest BCUT2D eigenvalue weighted by Crippen LogP contribution is 2.14. The van der Waals surface area contributed by atoms with Gasteiger partial charge >= 0.3 is 0 Å². The smallest absolute Gasteiger partial charge is 0.119 e. The molecule has 0 bridgehead atoms. The Hall–Kier alpha value is -1.06. The van der Waals surface area contributed by atoms with Gasteiger partial charge in [-0.25, -0.2) is 0 Å². The molecule has 0 heterocycles. The summed E-state index contributed by atoms with van der Waals surface area (Å²) in [6.45, 7) is 3.66. The number of hydrogen-bond donors (Lipinski definition) is 1. The van der Waals surface area contributed by atoms with Crippen LogP contribution in [-0.2, 0) is 11.2 Å². The molecule has 0 aromatic heterocycles. The molecule has 0 saturated carbocycles. The lowest BCUT2D eigenvalue weighted by molar-refractivity contribution is 0.184. The number of hydrogen-bond acceptors (Lipinski definition) is 3. The third-order valence-electron chi connectivity index (χ3n) is 2.96. The molecule has 0 aliphatic heterocycles. The summed E-state index contributed by atoms with van der Waals surface area (Å²) in [5.74, 6) is 0.932. The lowest BCUT2D eigenvalue weighted by Crippen LogP contribution is -2.21. The third kappa shape index (κ3) is 6.03. The molecule has 0 saturated heterocycles. The summed E-state index contributed by atoms with van der Waals surface area (Å²) in [5, 5.41) is 0. The Kier molecular flexibility index (Phi) is 7.46. The van der Waals surface area contributed by atoms with Gasteiger partial charge in [0.05, 0.1) is 6.61 Å². The highest BCUT2D eigenvalue weighted by Gasteiger charge is 2.01. The van der Waals surface area contributed by atoms with E-state index in [0.29, 0.717) is 0 Å². The molecule has 0 fully saturated rings. The lowest BCUT2D eigenvalue weighted by Gasteiger charge is -2.10. The molecule has 3 heteroatoms. The normalized spacial score (nSPS) is 12.4. The average Bonchev–Trinajstić information content (AvgIpc) is 2.40. The van der Waals surface area contributed by atoms with E-state index in [1.807, 2.05) is 12.1 Å². The Morgan fingerprint density at radius 2 is 1.78 bits per heavy atom. The molecular weight excluding hydrogens is 226 g/mol. The monoisotopic (exact) mass is 251 g/mol. The first-order valence-corrected chi connectivity index (χ1v) is 6.72. The van der Waals surface area contributed by atoms with Crippen LogP contribution >= 0.6 is 0 Å². The van der Waals surface area contributed by atoms with Gasteiger partial charge in [-0.3, -0.25) is 0 Å². The predicted molar refractivity (Wildman–Crippen MR) is 75.0 cm³/mol. The molecule has 1 aromatic carbocycles. The van der Waals surface area contributed by atoms with Gasteiger partial charge in [-0.15, -0.1) is 0 Å². The van der Waals surface area contributed by atoms with Gasteiger partial charge in [0.25, 0.3) is 0 Å². The van der Waals surface area contributed by atoms with Gasteiger partial charge in [0.2, 0.25) is 0 Å². The number of nitrogens with two attached hydrogens (primary N) is 1. The maximum Gasteiger partial charge on any atom is 0.119 e. The summed E-state index contributed by atoms with van der Waals surface area (Å²) in [6.07, 6.45) is 4.01. The fourth-order valence-electron chi connectivity index (χ4n) is 1.71. The maximum absolute atomic E-state index is 5.93. The van der Waals surface area contributed by atoms with Crippen LogP contribution < -0.4 is 10.5 Å². The minimum absolute atomic E-state index is 0.255. The van der Waals surface area contributed by atoms with Crippen molar-refractivity contribution in [3.8, 4) is 5.75 Å².